The van der Waals surface area contributed by atoms with Crippen LogP contribution in [0.25, 0.3) is 55.3 Å². The summed E-state index contributed by atoms with van der Waals surface area (Å²) in [5.41, 5.74) is 15.2. The first-order chi connectivity index (χ1) is 23.1. The topological polar surface area (TPSA) is 16.4 Å². The summed E-state index contributed by atoms with van der Waals surface area (Å²) in [4.78, 5) is 2.31. The quantitative estimate of drug-likeness (QED) is 0.195. The predicted molar refractivity (Wildman–Crippen MR) is 197 cm³/mol. The van der Waals surface area contributed by atoms with E-state index in [1.54, 1.807) is 0 Å². The second-order valence-corrected chi connectivity index (χ2v) is 13.0. The van der Waals surface area contributed by atoms with E-state index in [4.69, 9.17) is 4.42 Å². The summed E-state index contributed by atoms with van der Waals surface area (Å²) in [6.45, 7) is 4.67. The first kappa shape index (κ1) is 27.5. The summed E-state index contributed by atoms with van der Waals surface area (Å²) in [6.07, 6.45) is 0. The van der Waals surface area contributed by atoms with Crippen LogP contribution < -0.4 is 4.90 Å². The predicted octanol–water partition coefficient (Wildman–Crippen LogP) is 12.7. The number of para-hydroxylation sites is 2. The average molecular weight is 604 g/mol. The number of nitrogens with zero attached hydrogens (tertiary/aromatic N) is 1. The van der Waals surface area contributed by atoms with Crippen molar-refractivity contribution in [2.45, 2.75) is 19.3 Å². The second kappa shape index (κ2) is 10.6. The zero-order valence-electron chi connectivity index (χ0n) is 26.4. The van der Waals surface area contributed by atoms with Crippen molar-refractivity contribution in [2.24, 2.45) is 0 Å². The molecule has 9 rings (SSSR count). The summed E-state index contributed by atoms with van der Waals surface area (Å²) in [5, 5.41) is 2.24. The van der Waals surface area contributed by atoms with Crippen LogP contribution in [0.3, 0.4) is 0 Å². The lowest BCUT2D eigenvalue weighted by atomic mass is 9.81. The molecule has 7 aromatic carbocycles. The molecule has 0 N–H and O–H groups in total. The van der Waals surface area contributed by atoms with Crippen molar-refractivity contribution < 1.29 is 4.42 Å². The minimum absolute atomic E-state index is 0.0319. The van der Waals surface area contributed by atoms with Gasteiger partial charge in [-0.1, -0.05) is 135 Å². The maximum absolute atomic E-state index is 6.54. The largest absolute Gasteiger partial charge is 0.454 e. The highest BCUT2D eigenvalue weighted by Crippen LogP contribution is 2.50. The average Bonchev–Trinajstić information content (AvgIpc) is 3.62. The molecule has 0 unspecified atom stereocenters. The van der Waals surface area contributed by atoms with E-state index in [1.165, 1.54) is 44.5 Å². The van der Waals surface area contributed by atoms with Gasteiger partial charge in [-0.2, -0.15) is 0 Å². The number of hydrogen-bond acceptors (Lipinski definition) is 2. The fourth-order valence-electron chi connectivity index (χ4n) is 7.46. The van der Waals surface area contributed by atoms with Gasteiger partial charge in [-0.15, -0.1) is 0 Å². The lowest BCUT2D eigenvalue weighted by Crippen LogP contribution is -2.14. The van der Waals surface area contributed by atoms with Crippen LogP contribution in [0.5, 0.6) is 0 Å². The Bertz CT molecular complexity index is 2410. The Labute approximate surface area is 275 Å². The van der Waals surface area contributed by atoms with Crippen LogP contribution in [0.1, 0.15) is 25.0 Å². The second-order valence-electron chi connectivity index (χ2n) is 13.0. The van der Waals surface area contributed by atoms with E-state index in [0.717, 1.165) is 39.0 Å². The van der Waals surface area contributed by atoms with Gasteiger partial charge in [-0.05, 0) is 87.0 Å². The highest BCUT2D eigenvalue weighted by atomic mass is 16.3. The van der Waals surface area contributed by atoms with Gasteiger partial charge in [0.05, 0.1) is 5.69 Å². The summed E-state index contributed by atoms with van der Waals surface area (Å²) >= 11 is 0. The number of anilines is 3. The molecule has 0 aliphatic heterocycles. The van der Waals surface area contributed by atoms with Crippen LogP contribution in [-0.4, -0.2) is 0 Å². The van der Waals surface area contributed by atoms with Crippen molar-refractivity contribution in [3.63, 3.8) is 0 Å². The minimum Gasteiger partial charge on any atom is -0.454 e. The van der Waals surface area contributed by atoms with Gasteiger partial charge in [0.1, 0.15) is 5.58 Å². The van der Waals surface area contributed by atoms with Crippen molar-refractivity contribution in [3.05, 3.63) is 175 Å². The van der Waals surface area contributed by atoms with E-state index in [-0.39, 0.29) is 5.41 Å². The number of rotatable bonds is 5. The Morgan fingerprint density at radius 2 is 1.02 bits per heavy atom. The van der Waals surface area contributed by atoms with E-state index < -0.39 is 0 Å². The number of benzene rings is 7. The SMILES string of the molecule is CC1(C)c2ccccc2-c2ccc(-c3ccc(N(c4ccc(-c5ccccc5)cc4)c4cccc5c4oc4ccccc45)cc3)cc21. The van der Waals surface area contributed by atoms with Crippen LogP contribution >= 0.6 is 0 Å². The van der Waals surface area contributed by atoms with Crippen LogP contribution in [0, 0.1) is 0 Å². The zero-order valence-corrected chi connectivity index (χ0v) is 26.4. The smallest absolute Gasteiger partial charge is 0.159 e. The Morgan fingerprint density at radius 3 is 1.79 bits per heavy atom. The molecule has 47 heavy (non-hydrogen) atoms. The van der Waals surface area contributed by atoms with E-state index in [0.29, 0.717) is 0 Å². The van der Waals surface area contributed by atoms with Gasteiger partial charge in [0.25, 0.3) is 0 Å². The molecule has 0 fully saturated rings. The van der Waals surface area contributed by atoms with Gasteiger partial charge in [0, 0.05) is 27.6 Å². The molecule has 0 radical (unpaired) electrons. The van der Waals surface area contributed by atoms with Gasteiger partial charge in [-0.3, -0.25) is 0 Å². The molecule has 0 saturated heterocycles. The molecule has 0 bridgehead atoms. The molecular formula is C45H33NO. The molecule has 0 amide bonds. The zero-order chi connectivity index (χ0) is 31.5. The van der Waals surface area contributed by atoms with Gasteiger partial charge in [-0.25, -0.2) is 0 Å². The van der Waals surface area contributed by atoms with E-state index in [1.807, 2.05) is 12.1 Å². The van der Waals surface area contributed by atoms with Crippen LogP contribution in [0.4, 0.5) is 17.1 Å². The molecule has 1 aliphatic carbocycles. The van der Waals surface area contributed by atoms with Crippen molar-refractivity contribution in [1.82, 2.24) is 0 Å². The van der Waals surface area contributed by atoms with Gasteiger partial charge in [0.15, 0.2) is 5.58 Å². The fourth-order valence-corrected chi connectivity index (χ4v) is 7.46. The first-order valence-electron chi connectivity index (χ1n) is 16.3. The van der Waals surface area contributed by atoms with Gasteiger partial charge in [0.2, 0.25) is 0 Å². The highest BCUT2D eigenvalue weighted by Gasteiger charge is 2.35. The summed E-state index contributed by atoms with van der Waals surface area (Å²) in [7, 11) is 0. The maximum atomic E-state index is 6.54. The minimum atomic E-state index is -0.0319. The van der Waals surface area contributed by atoms with Crippen LogP contribution in [0.2, 0.25) is 0 Å². The molecule has 2 nitrogen and oxygen atoms in total. The third-order valence-corrected chi connectivity index (χ3v) is 9.90. The van der Waals surface area contributed by atoms with Crippen LogP contribution in [0.15, 0.2) is 168 Å². The van der Waals surface area contributed by atoms with Crippen molar-refractivity contribution in [3.8, 4) is 33.4 Å². The highest BCUT2D eigenvalue weighted by molar-refractivity contribution is 6.10. The Kier molecular flexibility index (Phi) is 6.20. The monoisotopic (exact) mass is 603 g/mol. The molecule has 8 aromatic rings. The van der Waals surface area contributed by atoms with E-state index in [2.05, 4.69) is 170 Å². The fraction of sp³-hybridized carbons (Fsp3) is 0.0667. The van der Waals surface area contributed by atoms with Crippen molar-refractivity contribution >= 4 is 39.0 Å². The number of fused-ring (bicyclic) bond motifs is 6. The van der Waals surface area contributed by atoms with Gasteiger partial charge < -0.3 is 9.32 Å². The first-order valence-corrected chi connectivity index (χ1v) is 16.3. The standard InChI is InChI=1S/C45H33NO/c1-45(2)40-16-8-6-13-36(40)37-28-23-33(29-41(37)45)32-21-26-35(27-22-32)46(34-24-19-31(20-25-34)30-11-4-3-5-12-30)42-17-10-15-39-38-14-7-9-18-43(38)47-44(39)42/h3-29H,1-2H3. The molecule has 0 atom stereocenters. The van der Waals surface area contributed by atoms with E-state index >= 15 is 0 Å². The molecular weight excluding hydrogens is 571 g/mol. The molecule has 0 spiro atoms. The summed E-state index contributed by atoms with van der Waals surface area (Å²) < 4.78 is 6.54. The summed E-state index contributed by atoms with van der Waals surface area (Å²) in [6, 6.07) is 58.8. The molecule has 1 aromatic heterocycles. The third-order valence-electron chi connectivity index (χ3n) is 9.90. The Morgan fingerprint density at radius 1 is 0.447 bits per heavy atom. The molecule has 2 heteroatoms. The third kappa shape index (κ3) is 4.40. The Balaban J connectivity index is 1.15. The number of furan rings is 1. The van der Waals surface area contributed by atoms with Crippen molar-refractivity contribution in [2.75, 3.05) is 4.90 Å². The molecule has 1 heterocycles. The molecule has 1 aliphatic rings. The van der Waals surface area contributed by atoms with Gasteiger partial charge >= 0.3 is 0 Å². The Hall–Kier alpha value is -5.86. The van der Waals surface area contributed by atoms with E-state index in [9.17, 15) is 0 Å². The number of hydrogen-bond donors (Lipinski definition) is 0. The lowest BCUT2D eigenvalue weighted by Gasteiger charge is -2.26. The molecule has 224 valence electrons. The normalized spacial score (nSPS) is 13.1. The van der Waals surface area contributed by atoms with Crippen LogP contribution in [-0.2, 0) is 5.41 Å². The van der Waals surface area contributed by atoms with Crippen molar-refractivity contribution in [1.29, 1.82) is 0 Å². The molecule has 0 saturated carbocycles. The lowest BCUT2D eigenvalue weighted by molar-refractivity contribution is 0.660. The summed E-state index contributed by atoms with van der Waals surface area (Å²) in [5.74, 6) is 0. The maximum Gasteiger partial charge on any atom is 0.159 e.